The summed E-state index contributed by atoms with van der Waals surface area (Å²) in [5, 5.41) is 3.32. The van der Waals surface area contributed by atoms with E-state index in [0.29, 0.717) is 17.9 Å². The minimum absolute atomic E-state index is 0.170. The van der Waals surface area contributed by atoms with Crippen molar-refractivity contribution in [3.8, 4) is 11.5 Å². The van der Waals surface area contributed by atoms with Crippen molar-refractivity contribution in [2.45, 2.75) is 83.7 Å². The molecule has 34 heavy (non-hydrogen) atoms. The molecule has 2 aliphatic rings. The van der Waals surface area contributed by atoms with Crippen molar-refractivity contribution in [1.29, 1.82) is 0 Å². The van der Waals surface area contributed by atoms with Gasteiger partial charge in [-0.25, -0.2) is 0 Å². The maximum absolute atomic E-state index is 13.0. The molecule has 1 aliphatic heterocycles. The van der Waals surface area contributed by atoms with Gasteiger partial charge in [0.05, 0.1) is 0 Å². The van der Waals surface area contributed by atoms with Crippen molar-refractivity contribution in [1.82, 2.24) is 10.2 Å². The minimum Gasteiger partial charge on any atom is -0.457 e. The number of para-hydroxylation sites is 1. The summed E-state index contributed by atoms with van der Waals surface area (Å²) in [7, 11) is 0. The van der Waals surface area contributed by atoms with Crippen LogP contribution in [0.5, 0.6) is 11.5 Å². The van der Waals surface area contributed by atoms with Gasteiger partial charge in [0.25, 0.3) is 0 Å². The van der Waals surface area contributed by atoms with Gasteiger partial charge < -0.3 is 10.1 Å². The molecule has 2 aromatic rings. The third-order valence-electron chi connectivity index (χ3n) is 7.68. The molecule has 2 fully saturated rings. The van der Waals surface area contributed by atoms with Crippen molar-refractivity contribution in [3.63, 3.8) is 0 Å². The van der Waals surface area contributed by atoms with Crippen LogP contribution in [0, 0.1) is 11.8 Å². The van der Waals surface area contributed by atoms with E-state index in [1.165, 1.54) is 56.9 Å². The number of likely N-dealkylation sites (tertiary alicyclic amines) is 1. The summed E-state index contributed by atoms with van der Waals surface area (Å²) in [6, 6.07) is 18.9. The van der Waals surface area contributed by atoms with Crippen LogP contribution in [0.2, 0.25) is 0 Å². The highest BCUT2D eigenvalue weighted by Crippen LogP contribution is 2.29. The highest BCUT2D eigenvalue weighted by Gasteiger charge is 2.32. The first-order valence-electron chi connectivity index (χ1n) is 13.5. The summed E-state index contributed by atoms with van der Waals surface area (Å²) >= 11 is 0. The number of piperidine rings is 1. The number of carbonyl (C=O) groups is 1. The van der Waals surface area contributed by atoms with Gasteiger partial charge >= 0.3 is 0 Å². The summed E-state index contributed by atoms with van der Waals surface area (Å²) in [5.74, 6) is 2.89. The van der Waals surface area contributed by atoms with E-state index in [-0.39, 0.29) is 5.92 Å². The molecule has 4 rings (SSSR count). The Kier molecular flexibility index (Phi) is 9.44. The number of ether oxygens (including phenoxy) is 1. The minimum atomic E-state index is 0.170. The van der Waals surface area contributed by atoms with Gasteiger partial charge in [-0.1, -0.05) is 69.4 Å². The van der Waals surface area contributed by atoms with Crippen LogP contribution < -0.4 is 10.1 Å². The van der Waals surface area contributed by atoms with Crippen LogP contribution >= 0.6 is 0 Å². The molecule has 184 valence electrons. The zero-order valence-corrected chi connectivity index (χ0v) is 20.9. The van der Waals surface area contributed by atoms with Gasteiger partial charge in [0.15, 0.2) is 0 Å². The van der Waals surface area contributed by atoms with E-state index >= 15 is 0 Å². The molecule has 0 bridgehead atoms. The lowest BCUT2D eigenvalue weighted by molar-refractivity contribution is -0.127. The fourth-order valence-corrected chi connectivity index (χ4v) is 5.59. The average Bonchev–Trinajstić information content (AvgIpc) is 2.89. The predicted molar refractivity (Wildman–Crippen MR) is 139 cm³/mol. The van der Waals surface area contributed by atoms with Crippen molar-refractivity contribution >= 4 is 5.91 Å². The highest BCUT2D eigenvalue weighted by atomic mass is 16.5. The standard InChI is InChI=1S/C30H42N2O2/c1-2-3-12-27-21-26(30(33)31-22-24-10-6-4-7-11-24)19-20-32(27)23-25-15-17-29(18-16-25)34-28-13-8-5-9-14-28/h5,8-9,13-18,24,26-27H,2-4,6-7,10-12,19-23H2,1H3,(H,31,33). The topological polar surface area (TPSA) is 41.6 Å². The van der Waals surface area contributed by atoms with E-state index in [1.54, 1.807) is 0 Å². The number of unbranched alkanes of at least 4 members (excludes halogenated alkanes) is 1. The Labute approximate surface area is 206 Å². The Bertz CT molecular complexity index is 861. The molecule has 0 radical (unpaired) electrons. The molecule has 0 spiro atoms. The Morgan fingerprint density at radius 3 is 2.44 bits per heavy atom. The van der Waals surface area contributed by atoms with Crippen LogP contribution in [0.3, 0.4) is 0 Å². The van der Waals surface area contributed by atoms with Crippen molar-refractivity contribution < 1.29 is 9.53 Å². The average molecular weight is 463 g/mol. The summed E-state index contributed by atoms with van der Waals surface area (Å²) in [6.45, 7) is 5.08. The fraction of sp³-hybridized carbons (Fsp3) is 0.567. The monoisotopic (exact) mass is 462 g/mol. The van der Waals surface area contributed by atoms with Gasteiger partial charge in [-0.2, -0.15) is 0 Å². The normalized spacial score (nSPS) is 21.8. The van der Waals surface area contributed by atoms with Crippen LogP contribution in [-0.2, 0) is 11.3 Å². The largest absolute Gasteiger partial charge is 0.457 e. The van der Waals surface area contributed by atoms with Gasteiger partial charge in [0.2, 0.25) is 5.91 Å². The quantitative estimate of drug-likeness (QED) is 0.415. The SMILES string of the molecule is CCCCC1CC(C(=O)NCC2CCCCC2)CCN1Cc1ccc(Oc2ccccc2)cc1. The van der Waals surface area contributed by atoms with E-state index in [9.17, 15) is 4.79 Å². The van der Waals surface area contributed by atoms with Crippen molar-refractivity contribution in [2.75, 3.05) is 13.1 Å². The molecular formula is C30H42N2O2. The van der Waals surface area contributed by atoms with E-state index in [0.717, 1.165) is 44.0 Å². The molecule has 2 aromatic carbocycles. The molecule has 2 atom stereocenters. The molecular weight excluding hydrogens is 420 g/mol. The molecule has 1 amide bonds. The van der Waals surface area contributed by atoms with Crippen molar-refractivity contribution in [3.05, 3.63) is 60.2 Å². The third kappa shape index (κ3) is 7.33. The molecule has 0 aromatic heterocycles. The number of hydrogen-bond acceptors (Lipinski definition) is 3. The van der Waals surface area contributed by atoms with Crippen LogP contribution in [0.1, 0.15) is 76.7 Å². The molecule has 1 N–H and O–H groups in total. The van der Waals surface area contributed by atoms with E-state index < -0.39 is 0 Å². The third-order valence-corrected chi connectivity index (χ3v) is 7.68. The Balaban J connectivity index is 1.30. The lowest BCUT2D eigenvalue weighted by Crippen LogP contribution is -2.46. The molecule has 1 aliphatic carbocycles. The number of nitrogens with zero attached hydrogens (tertiary/aromatic N) is 1. The van der Waals surface area contributed by atoms with Gasteiger partial charge in [-0.15, -0.1) is 0 Å². The summed E-state index contributed by atoms with van der Waals surface area (Å²) in [4.78, 5) is 15.6. The zero-order valence-electron chi connectivity index (χ0n) is 20.9. The summed E-state index contributed by atoms with van der Waals surface area (Å²) in [6.07, 6.45) is 12.2. The van der Waals surface area contributed by atoms with E-state index in [4.69, 9.17) is 4.74 Å². The van der Waals surface area contributed by atoms with Gasteiger partial charge in [-0.05, 0) is 74.4 Å². The maximum Gasteiger partial charge on any atom is 0.223 e. The number of rotatable bonds is 10. The molecule has 4 heteroatoms. The van der Waals surface area contributed by atoms with Crippen LogP contribution in [0.25, 0.3) is 0 Å². The number of nitrogens with one attached hydrogen (secondary N) is 1. The maximum atomic E-state index is 13.0. The van der Waals surface area contributed by atoms with Gasteiger partial charge in [0.1, 0.15) is 11.5 Å². The van der Waals surface area contributed by atoms with Crippen molar-refractivity contribution in [2.24, 2.45) is 11.8 Å². The Hall–Kier alpha value is -2.33. The second kappa shape index (κ2) is 12.9. The zero-order chi connectivity index (χ0) is 23.6. The van der Waals surface area contributed by atoms with Gasteiger partial charge in [-0.3, -0.25) is 9.69 Å². The van der Waals surface area contributed by atoms with E-state index in [1.807, 2.05) is 30.3 Å². The molecule has 2 unspecified atom stereocenters. The lowest BCUT2D eigenvalue weighted by atomic mass is 9.86. The summed E-state index contributed by atoms with van der Waals surface area (Å²) < 4.78 is 5.95. The number of benzene rings is 2. The first-order valence-corrected chi connectivity index (χ1v) is 13.5. The fourth-order valence-electron chi connectivity index (χ4n) is 5.59. The van der Waals surface area contributed by atoms with E-state index in [2.05, 4.69) is 41.4 Å². The molecule has 1 heterocycles. The first-order chi connectivity index (χ1) is 16.7. The second-order valence-electron chi connectivity index (χ2n) is 10.3. The molecule has 1 saturated heterocycles. The number of amides is 1. The highest BCUT2D eigenvalue weighted by molar-refractivity contribution is 5.78. The molecule has 1 saturated carbocycles. The Morgan fingerprint density at radius 1 is 0.971 bits per heavy atom. The van der Waals surface area contributed by atoms with Gasteiger partial charge in [0, 0.05) is 25.0 Å². The predicted octanol–water partition coefficient (Wildman–Crippen LogP) is 6.95. The second-order valence-corrected chi connectivity index (χ2v) is 10.3. The smallest absolute Gasteiger partial charge is 0.223 e. The summed E-state index contributed by atoms with van der Waals surface area (Å²) in [5.41, 5.74) is 1.31. The van der Waals surface area contributed by atoms with Crippen LogP contribution in [-0.4, -0.2) is 29.9 Å². The first kappa shape index (κ1) is 24.8. The number of hydrogen-bond donors (Lipinski definition) is 1. The lowest BCUT2D eigenvalue weighted by Gasteiger charge is -2.39. The molecule has 4 nitrogen and oxygen atoms in total. The number of carbonyl (C=O) groups excluding carboxylic acids is 1. The Morgan fingerprint density at radius 2 is 1.71 bits per heavy atom. The van der Waals surface area contributed by atoms with Crippen LogP contribution in [0.4, 0.5) is 0 Å². The van der Waals surface area contributed by atoms with Crippen LogP contribution in [0.15, 0.2) is 54.6 Å².